The van der Waals surface area contributed by atoms with Gasteiger partial charge in [0.25, 0.3) is 11.8 Å². The molecule has 4 rings (SSSR count). The Morgan fingerprint density at radius 3 is 2.28 bits per heavy atom. The molecule has 0 bridgehead atoms. The van der Waals surface area contributed by atoms with E-state index in [4.69, 9.17) is 4.42 Å². The molecule has 0 unspecified atom stereocenters. The third kappa shape index (κ3) is 4.00. The van der Waals surface area contributed by atoms with Gasteiger partial charge in [-0.2, -0.15) is 0 Å². The van der Waals surface area contributed by atoms with Crippen molar-refractivity contribution in [2.45, 2.75) is 20.3 Å². The number of ketones is 1. The molecular formula is C25H20N2O5. The maximum Gasteiger partial charge on any atom is 0.335 e. The molecular weight excluding hydrogens is 408 g/mol. The fourth-order valence-electron chi connectivity index (χ4n) is 3.37. The number of carbonyl (C=O) groups excluding carboxylic acids is 4. The summed E-state index contributed by atoms with van der Waals surface area (Å²) < 4.78 is 5.77. The molecule has 7 heteroatoms. The number of hydrogen-bond acceptors (Lipinski definition) is 5. The smallest absolute Gasteiger partial charge is 0.335 e. The van der Waals surface area contributed by atoms with Crippen molar-refractivity contribution in [3.05, 3.63) is 83.1 Å². The zero-order valence-electron chi connectivity index (χ0n) is 17.5. The van der Waals surface area contributed by atoms with E-state index in [1.165, 1.54) is 13.0 Å². The first-order valence-electron chi connectivity index (χ1n) is 10.1. The van der Waals surface area contributed by atoms with E-state index in [1.54, 1.807) is 48.5 Å². The molecule has 32 heavy (non-hydrogen) atoms. The van der Waals surface area contributed by atoms with Gasteiger partial charge in [0.1, 0.15) is 17.1 Å². The summed E-state index contributed by atoms with van der Waals surface area (Å²) in [6.07, 6.45) is 2.13. The van der Waals surface area contributed by atoms with Crippen molar-refractivity contribution in [3.8, 4) is 11.3 Å². The van der Waals surface area contributed by atoms with Crippen LogP contribution in [0.15, 0.2) is 70.7 Å². The van der Waals surface area contributed by atoms with Crippen LogP contribution in [0.2, 0.25) is 0 Å². The Hall–Kier alpha value is -4.26. The summed E-state index contributed by atoms with van der Waals surface area (Å²) in [4.78, 5) is 50.0. The third-order valence-electron chi connectivity index (χ3n) is 5.19. The molecule has 160 valence electrons. The lowest BCUT2D eigenvalue weighted by Gasteiger charge is -2.26. The molecule has 2 aromatic carbocycles. The summed E-state index contributed by atoms with van der Waals surface area (Å²) in [5, 5.41) is 2.20. The zero-order chi connectivity index (χ0) is 22.8. The number of carbonyl (C=O) groups is 4. The van der Waals surface area contributed by atoms with Crippen LogP contribution in [0.5, 0.6) is 0 Å². The highest BCUT2D eigenvalue weighted by Crippen LogP contribution is 2.26. The standard InChI is InChI=1S/C25H20N2O5/c1-3-16-4-10-19(11-5-16)27-24(30)21(23(29)26-25(27)31)14-20-12-13-22(32-20)18-8-6-17(7-9-18)15(2)28/h4-14H,3H2,1-2H3,(H,26,29,31). The summed E-state index contributed by atoms with van der Waals surface area (Å²) in [6.45, 7) is 3.49. The van der Waals surface area contributed by atoms with E-state index >= 15 is 0 Å². The second-order valence-electron chi connectivity index (χ2n) is 7.31. The van der Waals surface area contributed by atoms with Crippen LogP contribution in [0.1, 0.15) is 35.5 Å². The molecule has 1 aliphatic heterocycles. The first-order valence-corrected chi connectivity index (χ1v) is 10.1. The lowest BCUT2D eigenvalue weighted by atomic mass is 10.1. The molecule has 0 atom stereocenters. The number of barbiturate groups is 1. The minimum atomic E-state index is -0.799. The molecule has 1 aromatic heterocycles. The number of anilines is 1. The largest absolute Gasteiger partial charge is 0.457 e. The van der Waals surface area contributed by atoms with Gasteiger partial charge in [-0.1, -0.05) is 43.3 Å². The summed E-state index contributed by atoms with van der Waals surface area (Å²) in [7, 11) is 0. The van der Waals surface area contributed by atoms with Crippen molar-refractivity contribution in [3.63, 3.8) is 0 Å². The van der Waals surface area contributed by atoms with Gasteiger partial charge in [0, 0.05) is 11.1 Å². The first kappa shape index (κ1) is 21.0. The van der Waals surface area contributed by atoms with E-state index in [9.17, 15) is 19.2 Å². The molecule has 0 radical (unpaired) electrons. The van der Waals surface area contributed by atoms with Gasteiger partial charge in [-0.3, -0.25) is 19.7 Å². The Labute approximate surface area is 184 Å². The monoisotopic (exact) mass is 428 g/mol. The van der Waals surface area contributed by atoms with Crippen molar-refractivity contribution < 1.29 is 23.6 Å². The van der Waals surface area contributed by atoms with E-state index in [0.717, 1.165) is 22.4 Å². The van der Waals surface area contributed by atoms with Crippen LogP contribution in [-0.2, 0) is 16.0 Å². The van der Waals surface area contributed by atoms with E-state index < -0.39 is 17.8 Å². The van der Waals surface area contributed by atoms with Gasteiger partial charge >= 0.3 is 6.03 Å². The van der Waals surface area contributed by atoms with E-state index in [1.807, 2.05) is 19.1 Å². The normalized spacial score (nSPS) is 15.2. The van der Waals surface area contributed by atoms with Crippen LogP contribution in [-0.4, -0.2) is 23.6 Å². The first-order chi connectivity index (χ1) is 15.4. The number of aryl methyl sites for hydroxylation is 1. The van der Waals surface area contributed by atoms with Crippen LogP contribution < -0.4 is 10.2 Å². The van der Waals surface area contributed by atoms with Gasteiger partial charge in [0.05, 0.1) is 5.69 Å². The number of imide groups is 2. The number of hydrogen-bond donors (Lipinski definition) is 1. The van der Waals surface area contributed by atoms with Gasteiger partial charge in [-0.25, -0.2) is 9.69 Å². The minimum Gasteiger partial charge on any atom is -0.457 e. The highest BCUT2D eigenvalue weighted by molar-refractivity contribution is 6.39. The average molecular weight is 428 g/mol. The van der Waals surface area contributed by atoms with Crippen molar-refractivity contribution in [1.29, 1.82) is 0 Å². The van der Waals surface area contributed by atoms with Gasteiger partial charge in [-0.15, -0.1) is 0 Å². The maximum atomic E-state index is 13.0. The van der Waals surface area contributed by atoms with Crippen LogP contribution >= 0.6 is 0 Å². The summed E-state index contributed by atoms with van der Waals surface area (Å²) in [5.41, 5.74) is 2.55. The maximum absolute atomic E-state index is 13.0. The van der Waals surface area contributed by atoms with Gasteiger partial charge < -0.3 is 4.42 Å². The fourth-order valence-corrected chi connectivity index (χ4v) is 3.37. The van der Waals surface area contributed by atoms with Gasteiger partial charge in [-0.05, 0) is 49.2 Å². The summed E-state index contributed by atoms with van der Waals surface area (Å²) in [5.74, 6) is -0.757. The summed E-state index contributed by atoms with van der Waals surface area (Å²) >= 11 is 0. The molecule has 7 nitrogen and oxygen atoms in total. The molecule has 3 aromatic rings. The van der Waals surface area contributed by atoms with Crippen molar-refractivity contribution in [2.75, 3.05) is 4.90 Å². The van der Waals surface area contributed by atoms with E-state index in [2.05, 4.69) is 5.32 Å². The highest BCUT2D eigenvalue weighted by Gasteiger charge is 2.37. The molecule has 1 saturated heterocycles. The molecule has 2 heterocycles. The Kier molecular flexibility index (Phi) is 5.55. The predicted octanol–water partition coefficient (Wildman–Crippen LogP) is 4.38. The number of nitrogens with zero attached hydrogens (tertiary/aromatic N) is 1. The number of Topliss-reactive ketones (excluding diaryl/α,β-unsaturated/α-hetero) is 1. The van der Waals surface area contributed by atoms with Crippen LogP contribution in [0.3, 0.4) is 0 Å². The number of furan rings is 1. The molecule has 1 aliphatic rings. The number of nitrogens with one attached hydrogen (secondary N) is 1. The predicted molar refractivity (Wildman–Crippen MR) is 119 cm³/mol. The Morgan fingerprint density at radius 1 is 0.969 bits per heavy atom. The summed E-state index contributed by atoms with van der Waals surface area (Å²) in [6, 6.07) is 16.4. The lowest BCUT2D eigenvalue weighted by Crippen LogP contribution is -2.54. The van der Waals surface area contributed by atoms with Crippen LogP contribution in [0.4, 0.5) is 10.5 Å². The number of amides is 4. The number of urea groups is 1. The number of benzene rings is 2. The molecule has 1 N–H and O–H groups in total. The fraction of sp³-hybridized carbons (Fsp3) is 0.120. The molecule has 0 saturated carbocycles. The van der Waals surface area contributed by atoms with E-state index in [0.29, 0.717) is 17.0 Å². The second kappa shape index (κ2) is 8.47. The molecule has 0 spiro atoms. The SMILES string of the molecule is CCc1ccc(N2C(=O)NC(=O)C(=Cc3ccc(-c4ccc(C(C)=O)cc4)o3)C2=O)cc1. The molecule has 1 fully saturated rings. The second-order valence-corrected chi connectivity index (χ2v) is 7.31. The van der Waals surface area contributed by atoms with Gasteiger partial charge in [0.15, 0.2) is 5.78 Å². The van der Waals surface area contributed by atoms with Crippen molar-refractivity contribution in [1.82, 2.24) is 5.32 Å². The Morgan fingerprint density at radius 2 is 1.66 bits per heavy atom. The van der Waals surface area contributed by atoms with Crippen LogP contribution in [0, 0.1) is 0 Å². The van der Waals surface area contributed by atoms with Crippen molar-refractivity contribution in [2.24, 2.45) is 0 Å². The molecule has 0 aliphatic carbocycles. The quantitative estimate of drug-likeness (QED) is 0.370. The average Bonchev–Trinajstić information content (AvgIpc) is 3.26. The van der Waals surface area contributed by atoms with Crippen LogP contribution in [0.25, 0.3) is 17.4 Å². The highest BCUT2D eigenvalue weighted by atomic mass is 16.3. The Balaban J connectivity index is 1.62. The topological polar surface area (TPSA) is 96.7 Å². The number of rotatable bonds is 5. The minimum absolute atomic E-state index is 0.0355. The van der Waals surface area contributed by atoms with Crippen molar-refractivity contribution >= 4 is 35.4 Å². The Bertz CT molecular complexity index is 1250. The lowest BCUT2D eigenvalue weighted by molar-refractivity contribution is -0.122. The van der Waals surface area contributed by atoms with Gasteiger partial charge in [0.2, 0.25) is 0 Å². The third-order valence-corrected chi connectivity index (χ3v) is 5.19. The van der Waals surface area contributed by atoms with E-state index in [-0.39, 0.29) is 17.1 Å². The zero-order valence-corrected chi connectivity index (χ0v) is 17.5. The molecule has 4 amide bonds.